The number of likely N-dealkylation sites (N-methyl/N-ethyl adjacent to an activating group) is 1. The molecule has 0 saturated carbocycles. The van der Waals surface area contributed by atoms with Gasteiger partial charge in [-0.05, 0) is 23.8 Å². The highest BCUT2D eigenvalue weighted by molar-refractivity contribution is 7.89. The van der Waals surface area contributed by atoms with Crippen molar-refractivity contribution in [3.05, 3.63) is 41.4 Å². The molecule has 6 heteroatoms. The minimum absolute atomic E-state index is 0.187. The Kier molecular flexibility index (Phi) is 4.70. The van der Waals surface area contributed by atoms with Crippen LogP contribution in [-0.4, -0.2) is 26.3 Å². The van der Waals surface area contributed by atoms with Gasteiger partial charge in [0.1, 0.15) is 0 Å². The molecule has 0 heterocycles. The van der Waals surface area contributed by atoms with Crippen molar-refractivity contribution in [2.45, 2.75) is 11.4 Å². The van der Waals surface area contributed by atoms with E-state index in [2.05, 4.69) is 6.58 Å². The van der Waals surface area contributed by atoms with E-state index in [-0.39, 0.29) is 18.0 Å². The summed E-state index contributed by atoms with van der Waals surface area (Å²) in [5.41, 5.74) is 6.10. The van der Waals surface area contributed by atoms with Crippen molar-refractivity contribution in [2.24, 2.45) is 5.73 Å². The van der Waals surface area contributed by atoms with Gasteiger partial charge >= 0.3 is 0 Å². The lowest BCUT2D eigenvalue weighted by Crippen LogP contribution is -2.27. The first-order valence-electron chi connectivity index (χ1n) is 4.99. The smallest absolute Gasteiger partial charge is 0.243 e. The lowest BCUT2D eigenvalue weighted by atomic mass is 10.2. The van der Waals surface area contributed by atoms with Crippen molar-refractivity contribution in [1.82, 2.24) is 4.31 Å². The highest BCUT2D eigenvalue weighted by Crippen LogP contribution is 2.22. The highest BCUT2D eigenvalue weighted by atomic mass is 35.5. The topological polar surface area (TPSA) is 63.4 Å². The molecule has 0 atom stereocenters. The molecule has 1 aromatic carbocycles. The molecule has 2 N–H and O–H groups in total. The predicted octanol–water partition coefficient (Wildman–Crippen LogP) is 1.61. The summed E-state index contributed by atoms with van der Waals surface area (Å²) in [6.45, 7) is 3.96. The van der Waals surface area contributed by atoms with Gasteiger partial charge in [-0.15, -0.1) is 6.58 Å². The van der Waals surface area contributed by atoms with Crippen LogP contribution in [-0.2, 0) is 16.6 Å². The Morgan fingerprint density at radius 1 is 1.53 bits per heavy atom. The largest absolute Gasteiger partial charge is 0.326 e. The Morgan fingerprint density at radius 3 is 2.71 bits per heavy atom. The third-order valence-corrected chi connectivity index (χ3v) is 4.52. The molecule has 1 aromatic rings. The maximum atomic E-state index is 12.1. The minimum Gasteiger partial charge on any atom is -0.326 e. The number of hydrogen-bond acceptors (Lipinski definition) is 3. The van der Waals surface area contributed by atoms with Crippen LogP contribution in [0.4, 0.5) is 0 Å². The molecule has 0 unspecified atom stereocenters. The van der Waals surface area contributed by atoms with Gasteiger partial charge in [-0.25, -0.2) is 8.42 Å². The molecule has 17 heavy (non-hydrogen) atoms. The van der Waals surface area contributed by atoms with Gasteiger partial charge in [-0.1, -0.05) is 17.7 Å². The monoisotopic (exact) mass is 274 g/mol. The first-order chi connectivity index (χ1) is 7.93. The van der Waals surface area contributed by atoms with Gasteiger partial charge in [0.25, 0.3) is 0 Å². The zero-order chi connectivity index (χ0) is 13.1. The SMILES string of the molecule is C=CCN(C)S(=O)(=O)c1ccc(Cl)c(CN)c1. The van der Waals surface area contributed by atoms with E-state index in [0.29, 0.717) is 10.6 Å². The third kappa shape index (κ3) is 3.07. The van der Waals surface area contributed by atoms with Crippen molar-refractivity contribution < 1.29 is 8.42 Å². The van der Waals surface area contributed by atoms with Crippen molar-refractivity contribution >= 4 is 21.6 Å². The van der Waals surface area contributed by atoms with Crippen LogP contribution in [0.15, 0.2) is 35.7 Å². The maximum Gasteiger partial charge on any atom is 0.243 e. The van der Waals surface area contributed by atoms with Gasteiger partial charge in [-0.2, -0.15) is 4.31 Å². The minimum atomic E-state index is -3.50. The van der Waals surface area contributed by atoms with Crippen LogP contribution >= 0.6 is 11.6 Å². The van der Waals surface area contributed by atoms with E-state index < -0.39 is 10.0 Å². The van der Waals surface area contributed by atoms with Gasteiger partial charge in [0.15, 0.2) is 0 Å². The molecule has 0 radical (unpaired) electrons. The zero-order valence-corrected chi connectivity index (χ0v) is 11.1. The number of halogens is 1. The summed E-state index contributed by atoms with van der Waals surface area (Å²) in [4.78, 5) is 0.187. The number of nitrogens with two attached hydrogens (primary N) is 1. The molecule has 0 fully saturated rings. The second-order valence-electron chi connectivity index (χ2n) is 3.53. The lowest BCUT2D eigenvalue weighted by molar-refractivity contribution is 0.499. The molecule has 0 aliphatic heterocycles. The molecule has 0 bridgehead atoms. The van der Waals surface area contributed by atoms with Crippen LogP contribution in [0.3, 0.4) is 0 Å². The van der Waals surface area contributed by atoms with E-state index in [9.17, 15) is 8.42 Å². The van der Waals surface area contributed by atoms with Crippen molar-refractivity contribution in [2.75, 3.05) is 13.6 Å². The van der Waals surface area contributed by atoms with Crippen molar-refractivity contribution in [1.29, 1.82) is 0 Å². The lowest BCUT2D eigenvalue weighted by Gasteiger charge is -2.16. The normalized spacial score (nSPS) is 11.8. The Labute approximate surface area is 107 Å². The summed E-state index contributed by atoms with van der Waals surface area (Å²) in [7, 11) is -2.01. The molecule has 0 aromatic heterocycles. The predicted molar refractivity (Wildman–Crippen MR) is 69.4 cm³/mol. The molecular weight excluding hydrogens is 260 g/mol. The number of rotatable bonds is 5. The fourth-order valence-electron chi connectivity index (χ4n) is 1.33. The number of nitrogens with zero attached hydrogens (tertiary/aromatic N) is 1. The average Bonchev–Trinajstić information content (AvgIpc) is 2.29. The van der Waals surface area contributed by atoms with Crippen LogP contribution < -0.4 is 5.73 Å². The van der Waals surface area contributed by atoms with Crippen LogP contribution in [0.5, 0.6) is 0 Å². The van der Waals surface area contributed by atoms with Gasteiger partial charge in [0.05, 0.1) is 4.90 Å². The molecular formula is C11H15ClN2O2S. The van der Waals surface area contributed by atoms with E-state index in [1.165, 1.54) is 29.6 Å². The number of hydrogen-bond donors (Lipinski definition) is 1. The summed E-state index contributed by atoms with van der Waals surface area (Å²) < 4.78 is 25.4. The van der Waals surface area contributed by atoms with E-state index >= 15 is 0 Å². The second kappa shape index (κ2) is 5.64. The molecule has 0 amide bonds. The van der Waals surface area contributed by atoms with Crippen LogP contribution in [0.2, 0.25) is 5.02 Å². The summed E-state index contributed by atoms with van der Waals surface area (Å²) in [5.74, 6) is 0. The summed E-state index contributed by atoms with van der Waals surface area (Å²) >= 11 is 5.88. The fraction of sp³-hybridized carbons (Fsp3) is 0.273. The average molecular weight is 275 g/mol. The van der Waals surface area contributed by atoms with E-state index in [4.69, 9.17) is 17.3 Å². The summed E-state index contributed by atoms with van der Waals surface area (Å²) in [6, 6.07) is 4.51. The molecule has 1 rings (SSSR count). The van der Waals surface area contributed by atoms with E-state index in [1.807, 2.05) is 0 Å². The van der Waals surface area contributed by atoms with E-state index in [1.54, 1.807) is 6.07 Å². The Morgan fingerprint density at radius 2 is 2.18 bits per heavy atom. The first-order valence-corrected chi connectivity index (χ1v) is 6.81. The van der Waals surface area contributed by atoms with Crippen LogP contribution in [0, 0.1) is 0 Å². The molecule has 0 aliphatic carbocycles. The van der Waals surface area contributed by atoms with Gasteiger partial charge in [-0.3, -0.25) is 0 Å². The van der Waals surface area contributed by atoms with E-state index in [0.717, 1.165) is 0 Å². The van der Waals surface area contributed by atoms with Gasteiger partial charge in [0.2, 0.25) is 10.0 Å². The molecule has 0 spiro atoms. The maximum absolute atomic E-state index is 12.1. The highest BCUT2D eigenvalue weighted by Gasteiger charge is 2.20. The molecule has 0 saturated heterocycles. The molecule has 4 nitrogen and oxygen atoms in total. The standard InChI is InChI=1S/C11H15ClN2O2S/c1-3-6-14(2)17(15,16)10-4-5-11(12)9(7-10)8-13/h3-5,7H,1,6,8,13H2,2H3. The van der Waals surface area contributed by atoms with Gasteiger partial charge in [0, 0.05) is 25.2 Å². The van der Waals surface area contributed by atoms with Crippen LogP contribution in [0.1, 0.15) is 5.56 Å². The summed E-state index contributed by atoms with van der Waals surface area (Å²) in [6.07, 6.45) is 1.53. The molecule has 94 valence electrons. The summed E-state index contributed by atoms with van der Waals surface area (Å²) in [5, 5.41) is 0.470. The van der Waals surface area contributed by atoms with Crippen LogP contribution in [0.25, 0.3) is 0 Å². The van der Waals surface area contributed by atoms with Gasteiger partial charge < -0.3 is 5.73 Å². The quantitative estimate of drug-likeness (QED) is 0.830. The van der Waals surface area contributed by atoms with Crippen molar-refractivity contribution in [3.8, 4) is 0 Å². The third-order valence-electron chi connectivity index (χ3n) is 2.33. The second-order valence-corrected chi connectivity index (χ2v) is 5.98. The Balaban J connectivity index is 3.20. The Hall–Kier alpha value is -0.880. The number of sulfonamides is 1. The van der Waals surface area contributed by atoms with Crippen molar-refractivity contribution in [3.63, 3.8) is 0 Å². The Bertz CT molecular complexity index is 514. The molecule has 0 aliphatic rings. The zero-order valence-electron chi connectivity index (χ0n) is 9.56. The fourth-order valence-corrected chi connectivity index (χ4v) is 2.72. The number of benzene rings is 1. The first kappa shape index (κ1) is 14.2.